The van der Waals surface area contributed by atoms with Crippen LogP contribution in [0.4, 0.5) is 5.69 Å². The average Bonchev–Trinajstić information content (AvgIpc) is 3.12. The van der Waals surface area contributed by atoms with Gasteiger partial charge in [0.15, 0.2) is 0 Å². The van der Waals surface area contributed by atoms with Gasteiger partial charge in [-0.05, 0) is 43.7 Å². The molecule has 0 aliphatic carbocycles. The van der Waals surface area contributed by atoms with Gasteiger partial charge in [-0.25, -0.2) is 0 Å². The van der Waals surface area contributed by atoms with Crippen molar-refractivity contribution in [2.45, 2.75) is 25.8 Å². The standard InChI is InChI=1S/C22H35N3O2/c1-18-2-4-21(5-3-18)24-8-6-22(7-9-24)25-15-19(20(16-25)17-26)14-23-10-12-27-13-11-23/h2-5,19-20,22,26H,6-17H2,1H3/t19-,20-/m1/s1. The van der Waals surface area contributed by atoms with E-state index in [0.717, 1.165) is 59.0 Å². The summed E-state index contributed by atoms with van der Waals surface area (Å²) in [5.74, 6) is 1.03. The van der Waals surface area contributed by atoms with Gasteiger partial charge in [0.05, 0.1) is 13.2 Å². The van der Waals surface area contributed by atoms with Gasteiger partial charge in [0.2, 0.25) is 0 Å². The Balaban J connectivity index is 1.29. The Labute approximate surface area is 163 Å². The van der Waals surface area contributed by atoms with E-state index in [1.807, 2.05) is 0 Å². The summed E-state index contributed by atoms with van der Waals surface area (Å²) in [6.45, 7) is 11.9. The van der Waals surface area contributed by atoms with E-state index >= 15 is 0 Å². The van der Waals surface area contributed by atoms with Crippen molar-refractivity contribution >= 4 is 5.69 Å². The summed E-state index contributed by atoms with van der Waals surface area (Å²) in [7, 11) is 0. The third kappa shape index (κ3) is 4.65. The second-order valence-electron chi connectivity index (χ2n) is 8.62. The summed E-state index contributed by atoms with van der Waals surface area (Å²) in [6, 6.07) is 9.61. The number of aryl methyl sites for hydroxylation is 1. The second kappa shape index (κ2) is 8.91. The zero-order valence-corrected chi connectivity index (χ0v) is 16.7. The minimum Gasteiger partial charge on any atom is -0.396 e. The van der Waals surface area contributed by atoms with Gasteiger partial charge < -0.3 is 14.7 Å². The number of rotatable bonds is 5. The maximum Gasteiger partial charge on any atom is 0.0594 e. The van der Waals surface area contributed by atoms with E-state index < -0.39 is 0 Å². The highest BCUT2D eigenvalue weighted by molar-refractivity contribution is 5.47. The van der Waals surface area contributed by atoms with Crippen LogP contribution in [0.5, 0.6) is 0 Å². The van der Waals surface area contributed by atoms with E-state index in [1.54, 1.807) is 0 Å². The number of hydrogen-bond acceptors (Lipinski definition) is 5. The third-order valence-corrected chi connectivity index (χ3v) is 6.82. The highest BCUT2D eigenvalue weighted by Gasteiger charge is 2.37. The Kier molecular flexibility index (Phi) is 6.33. The van der Waals surface area contributed by atoms with Crippen LogP contribution in [0, 0.1) is 18.8 Å². The van der Waals surface area contributed by atoms with Gasteiger partial charge in [0, 0.05) is 64.1 Å². The van der Waals surface area contributed by atoms with E-state index in [2.05, 4.69) is 45.9 Å². The van der Waals surface area contributed by atoms with Gasteiger partial charge in [0.25, 0.3) is 0 Å². The SMILES string of the molecule is Cc1ccc(N2CCC(N3C[C@@H](CN4CCOCC4)[C@@H](CO)C3)CC2)cc1. The van der Waals surface area contributed by atoms with Crippen molar-refractivity contribution in [1.29, 1.82) is 0 Å². The molecule has 0 aromatic heterocycles. The predicted octanol–water partition coefficient (Wildman–Crippen LogP) is 1.84. The largest absolute Gasteiger partial charge is 0.396 e. The molecule has 0 bridgehead atoms. The second-order valence-corrected chi connectivity index (χ2v) is 8.62. The fourth-order valence-electron chi connectivity index (χ4n) is 5.05. The van der Waals surface area contributed by atoms with E-state index in [9.17, 15) is 5.11 Å². The Morgan fingerprint density at radius 3 is 2.30 bits per heavy atom. The Morgan fingerprint density at radius 1 is 0.963 bits per heavy atom. The number of aliphatic hydroxyl groups is 1. The maximum atomic E-state index is 9.92. The summed E-state index contributed by atoms with van der Waals surface area (Å²) >= 11 is 0. The Bertz CT molecular complexity index is 580. The van der Waals surface area contributed by atoms with Crippen LogP contribution in [0.25, 0.3) is 0 Å². The zero-order chi connectivity index (χ0) is 18.6. The van der Waals surface area contributed by atoms with Gasteiger partial charge in [-0.2, -0.15) is 0 Å². The highest BCUT2D eigenvalue weighted by atomic mass is 16.5. The number of likely N-dealkylation sites (tertiary alicyclic amines) is 1. The number of aliphatic hydroxyl groups excluding tert-OH is 1. The van der Waals surface area contributed by atoms with Crippen LogP contribution in [-0.2, 0) is 4.74 Å². The number of anilines is 1. The van der Waals surface area contributed by atoms with Crippen LogP contribution in [-0.4, -0.2) is 86.6 Å². The normalized spacial score (nSPS) is 28.7. The highest BCUT2D eigenvalue weighted by Crippen LogP contribution is 2.30. The molecular formula is C22H35N3O2. The van der Waals surface area contributed by atoms with Gasteiger partial charge >= 0.3 is 0 Å². The van der Waals surface area contributed by atoms with Gasteiger partial charge in [-0.15, -0.1) is 0 Å². The van der Waals surface area contributed by atoms with E-state index in [1.165, 1.54) is 24.1 Å². The topological polar surface area (TPSA) is 39.2 Å². The number of ether oxygens (including phenoxy) is 1. The molecule has 0 saturated carbocycles. The van der Waals surface area contributed by atoms with Gasteiger partial charge in [0.1, 0.15) is 0 Å². The molecule has 0 spiro atoms. The van der Waals surface area contributed by atoms with E-state index in [0.29, 0.717) is 24.5 Å². The fraction of sp³-hybridized carbons (Fsp3) is 0.727. The fourth-order valence-corrected chi connectivity index (χ4v) is 5.05. The molecule has 1 aromatic carbocycles. The summed E-state index contributed by atoms with van der Waals surface area (Å²) in [5, 5.41) is 9.92. The van der Waals surface area contributed by atoms with E-state index in [-0.39, 0.29) is 0 Å². The lowest BCUT2D eigenvalue weighted by molar-refractivity contribution is 0.0263. The molecule has 1 aromatic rings. The number of morpholine rings is 1. The van der Waals surface area contributed by atoms with Crippen LogP contribution in [0.3, 0.4) is 0 Å². The monoisotopic (exact) mass is 373 g/mol. The van der Waals surface area contributed by atoms with E-state index in [4.69, 9.17) is 4.74 Å². The number of piperidine rings is 1. The Morgan fingerprint density at radius 2 is 1.63 bits per heavy atom. The first-order valence-corrected chi connectivity index (χ1v) is 10.7. The number of nitrogens with zero attached hydrogens (tertiary/aromatic N) is 3. The summed E-state index contributed by atoms with van der Waals surface area (Å²) in [6.07, 6.45) is 2.46. The predicted molar refractivity (Wildman–Crippen MR) is 109 cm³/mol. The van der Waals surface area contributed by atoms with Crippen molar-refractivity contribution in [2.75, 3.05) is 70.5 Å². The number of benzene rings is 1. The van der Waals surface area contributed by atoms with Crippen molar-refractivity contribution < 1.29 is 9.84 Å². The first-order chi connectivity index (χ1) is 13.2. The van der Waals surface area contributed by atoms with Crippen LogP contribution in [0.1, 0.15) is 18.4 Å². The molecule has 150 valence electrons. The zero-order valence-electron chi connectivity index (χ0n) is 16.7. The lowest BCUT2D eigenvalue weighted by atomic mass is 9.96. The Hall–Kier alpha value is -1.14. The van der Waals surface area contributed by atoms with Crippen LogP contribution in [0.15, 0.2) is 24.3 Å². The summed E-state index contributed by atoms with van der Waals surface area (Å²) < 4.78 is 5.48. The summed E-state index contributed by atoms with van der Waals surface area (Å²) in [5.41, 5.74) is 2.69. The summed E-state index contributed by atoms with van der Waals surface area (Å²) in [4.78, 5) is 7.74. The molecule has 0 unspecified atom stereocenters. The molecule has 0 amide bonds. The molecule has 5 nitrogen and oxygen atoms in total. The van der Waals surface area contributed by atoms with Crippen LogP contribution >= 0.6 is 0 Å². The van der Waals surface area contributed by atoms with Crippen molar-refractivity contribution in [3.8, 4) is 0 Å². The maximum absolute atomic E-state index is 9.92. The molecule has 3 saturated heterocycles. The molecule has 3 fully saturated rings. The first kappa shape index (κ1) is 19.2. The first-order valence-electron chi connectivity index (χ1n) is 10.7. The van der Waals surface area contributed by atoms with Crippen molar-refractivity contribution in [1.82, 2.24) is 9.80 Å². The smallest absolute Gasteiger partial charge is 0.0594 e. The lowest BCUT2D eigenvalue weighted by Gasteiger charge is -2.38. The molecule has 2 atom stereocenters. The molecule has 3 heterocycles. The van der Waals surface area contributed by atoms with Crippen LogP contribution in [0.2, 0.25) is 0 Å². The molecule has 3 aliphatic heterocycles. The van der Waals surface area contributed by atoms with Crippen molar-refractivity contribution in [2.24, 2.45) is 11.8 Å². The molecule has 27 heavy (non-hydrogen) atoms. The molecule has 4 rings (SSSR count). The molecule has 1 N–H and O–H groups in total. The molecular weight excluding hydrogens is 338 g/mol. The minimum absolute atomic E-state index is 0.327. The molecule has 0 radical (unpaired) electrons. The van der Waals surface area contributed by atoms with Gasteiger partial charge in [-0.1, -0.05) is 17.7 Å². The van der Waals surface area contributed by atoms with Crippen molar-refractivity contribution in [3.63, 3.8) is 0 Å². The molecule has 3 aliphatic rings. The van der Waals surface area contributed by atoms with Crippen LogP contribution < -0.4 is 4.90 Å². The van der Waals surface area contributed by atoms with Crippen molar-refractivity contribution in [3.05, 3.63) is 29.8 Å². The lowest BCUT2D eigenvalue weighted by Crippen LogP contribution is -2.45. The minimum atomic E-state index is 0.327. The van der Waals surface area contributed by atoms with Gasteiger partial charge in [-0.3, -0.25) is 9.80 Å². The average molecular weight is 374 g/mol. The number of hydrogen-bond donors (Lipinski definition) is 1. The third-order valence-electron chi connectivity index (χ3n) is 6.82. The molecule has 5 heteroatoms. The quantitative estimate of drug-likeness (QED) is 0.853.